The smallest absolute Gasteiger partial charge is 0.159 e. The Hall–Kier alpha value is -0.703. The third kappa shape index (κ3) is 1.55. The van der Waals surface area contributed by atoms with E-state index in [1.807, 2.05) is 0 Å². The molecule has 0 aromatic carbocycles. The van der Waals surface area contributed by atoms with Crippen LogP contribution in [0.25, 0.3) is 0 Å². The Morgan fingerprint density at radius 1 is 1.33 bits per heavy atom. The number of furan rings is 1. The molecule has 1 heterocycles. The van der Waals surface area contributed by atoms with E-state index in [0.29, 0.717) is 0 Å². The molecule has 3 heteroatoms. The van der Waals surface area contributed by atoms with Crippen LogP contribution in [-0.4, -0.2) is 15.2 Å². The monoisotopic (exact) mass is 184 g/mol. The summed E-state index contributed by atoms with van der Waals surface area (Å²) in [6, 6.07) is 0. The van der Waals surface area contributed by atoms with Crippen molar-refractivity contribution in [1.29, 1.82) is 0 Å². The van der Waals surface area contributed by atoms with Crippen LogP contribution < -0.4 is 10.1 Å². The summed E-state index contributed by atoms with van der Waals surface area (Å²) in [4.78, 5) is 0. The Labute approximate surface area is 74.5 Å². The van der Waals surface area contributed by atoms with Gasteiger partial charge in [-0.1, -0.05) is 19.6 Å². The third-order valence-electron chi connectivity index (χ3n) is 1.90. The van der Waals surface area contributed by atoms with Crippen LogP contribution in [0.4, 0.5) is 0 Å². The molecule has 0 N–H and O–H groups in total. The number of hydrogen-bond acceptors (Lipinski definition) is 2. The maximum atomic E-state index is 5.49. The van der Waals surface area contributed by atoms with Crippen molar-refractivity contribution in [3.63, 3.8) is 0 Å². The molecular weight excluding hydrogens is 168 g/mol. The molecule has 1 aromatic heterocycles. The largest absolute Gasteiger partial charge is 0.493 e. The topological polar surface area (TPSA) is 22.4 Å². The molecule has 0 saturated heterocycles. The zero-order chi connectivity index (χ0) is 9.35. The summed E-state index contributed by atoms with van der Waals surface area (Å²) in [6.45, 7) is 8.84. The van der Waals surface area contributed by atoms with E-state index in [0.717, 1.165) is 16.7 Å². The van der Waals surface area contributed by atoms with Gasteiger partial charge in [-0.25, -0.2) is 0 Å². The quantitative estimate of drug-likeness (QED) is 0.657. The molecule has 0 atom stereocenters. The lowest BCUT2D eigenvalue weighted by atomic mass is 10.4. The summed E-state index contributed by atoms with van der Waals surface area (Å²) in [5.41, 5.74) is 1.16. The van der Waals surface area contributed by atoms with Crippen LogP contribution in [0.1, 0.15) is 5.56 Å². The second kappa shape index (κ2) is 2.97. The predicted octanol–water partition coefficient (Wildman–Crippen LogP) is 2.14. The summed E-state index contributed by atoms with van der Waals surface area (Å²) >= 11 is 0. The molecule has 0 bridgehead atoms. The molecule has 68 valence electrons. The van der Waals surface area contributed by atoms with Crippen molar-refractivity contribution in [2.75, 3.05) is 7.11 Å². The fourth-order valence-corrected chi connectivity index (χ4v) is 3.00. The molecule has 0 aliphatic rings. The van der Waals surface area contributed by atoms with Crippen molar-refractivity contribution in [3.05, 3.63) is 11.8 Å². The average molecular weight is 184 g/mol. The zero-order valence-electron chi connectivity index (χ0n) is 8.39. The predicted molar refractivity (Wildman–Crippen MR) is 53.0 cm³/mol. The van der Waals surface area contributed by atoms with E-state index in [4.69, 9.17) is 9.15 Å². The van der Waals surface area contributed by atoms with Gasteiger partial charge < -0.3 is 9.15 Å². The molecule has 12 heavy (non-hydrogen) atoms. The normalized spacial score (nSPS) is 11.8. The van der Waals surface area contributed by atoms with Gasteiger partial charge in [-0.05, 0) is 6.92 Å². The Bertz CT molecular complexity index is 271. The third-order valence-corrected chi connectivity index (χ3v) is 3.75. The van der Waals surface area contributed by atoms with Gasteiger partial charge in [-0.3, -0.25) is 0 Å². The first-order valence-corrected chi connectivity index (χ1v) is 7.59. The SMILES string of the molecule is COc1coc([Si](C)(C)C)c1C. The van der Waals surface area contributed by atoms with Crippen LogP contribution in [0, 0.1) is 6.92 Å². The molecule has 0 aliphatic carbocycles. The van der Waals surface area contributed by atoms with Gasteiger partial charge >= 0.3 is 0 Å². The Morgan fingerprint density at radius 2 is 1.92 bits per heavy atom. The van der Waals surface area contributed by atoms with Gasteiger partial charge in [0.1, 0.15) is 14.3 Å². The Balaban J connectivity index is 3.11. The fraction of sp³-hybridized carbons (Fsp3) is 0.556. The highest BCUT2D eigenvalue weighted by Gasteiger charge is 2.24. The molecule has 1 rings (SSSR count). The second-order valence-electron chi connectivity index (χ2n) is 4.01. The molecule has 0 aliphatic heterocycles. The molecule has 0 radical (unpaired) electrons. The minimum Gasteiger partial charge on any atom is -0.493 e. The van der Waals surface area contributed by atoms with Crippen molar-refractivity contribution in [2.24, 2.45) is 0 Å². The van der Waals surface area contributed by atoms with Gasteiger partial charge in [0.25, 0.3) is 0 Å². The van der Waals surface area contributed by atoms with Crippen LogP contribution in [-0.2, 0) is 0 Å². The van der Waals surface area contributed by atoms with E-state index in [1.54, 1.807) is 13.4 Å². The van der Waals surface area contributed by atoms with Gasteiger partial charge in [0.15, 0.2) is 5.75 Å². The summed E-state index contributed by atoms with van der Waals surface area (Å²) in [7, 11) is 0.352. The van der Waals surface area contributed by atoms with E-state index < -0.39 is 8.07 Å². The van der Waals surface area contributed by atoms with E-state index in [1.165, 1.54) is 0 Å². The van der Waals surface area contributed by atoms with Gasteiger partial charge in [0.2, 0.25) is 0 Å². The minimum absolute atomic E-state index is 0.868. The zero-order valence-corrected chi connectivity index (χ0v) is 9.39. The van der Waals surface area contributed by atoms with Crippen LogP contribution in [0.3, 0.4) is 0 Å². The van der Waals surface area contributed by atoms with E-state index >= 15 is 0 Å². The van der Waals surface area contributed by atoms with E-state index in [2.05, 4.69) is 26.6 Å². The second-order valence-corrected chi connectivity index (χ2v) is 8.96. The molecule has 2 nitrogen and oxygen atoms in total. The van der Waals surface area contributed by atoms with E-state index in [-0.39, 0.29) is 0 Å². The number of methoxy groups -OCH3 is 1. The first-order chi connectivity index (χ1) is 5.46. The molecule has 1 aromatic rings. The number of rotatable bonds is 2. The highest BCUT2D eigenvalue weighted by atomic mass is 28.3. The van der Waals surface area contributed by atoms with E-state index in [9.17, 15) is 0 Å². The maximum Gasteiger partial charge on any atom is 0.159 e. The van der Waals surface area contributed by atoms with Gasteiger partial charge in [0.05, 0.1) is 12.5 Å². The maximum absolute atomic E-state index is 5.49. The van der Waals surface area contributed by atoms with Crippen LogP contribution in [0.5, 0.6) is 5.75 Å². The van der Waals surface area contributed by atoms with Crippen molar-refractivity contribution in [1.82, 2.24) is 0 Å². The summed E-state index contributed by atoms with van der Waals surface area (Å²) in [5, 5.41) is 1.14. The molecule has 0 amide bonds. The summed E-state index contributed by atoms with van der Waals surface area (Å²) in [5.74, 6) is 0.868. The van der Waals surface area contributed by atoms with Crippen molar-refractivity contribution in [3.8, 4) is 5.75 Å². The first-order valence-electron chi connectivity index (χ1n) is 4.09. The van der Waals surface area contributed by atoms with Crippen LogP contribution in [0.15, 0.2) is 10.7 Å². The first kappa shape index (κ1) is 9.39. The lowest BCUT2D eigenvalue weighted by molar-refractivity contribution is 0.404. The van der Waals surface area contributed by atoms with Crippen LogP contribution >= 0.6 is 0 Å². The lowest BCUT2D eigenvalue weighted by Gasteiger charge is -2.13. The lowest BCUT2D eigenvalue weighted by Crippen LogP contribution is -2.38. The molecule has 0 unspecified atom stereocenters. The van der Waals surface area contributed by atoms with Gasteiger partial charge in [-0.15, -0.1) is 0 Å². The standard InChI is InChI=1S/C9H16O2Si/c1-7-8(10-2)6-11-9(7)12(3,4)5/h6H,1-5H3. The summed E-state index contributed by atoms with van der Waals surface area (Å²) in [6.07, 6.45) is 1.70. The summed E-state index contributed by atoms with van der Waals surface area (Å²) < 4.78 is 10.6. The minimum atomic E-state index is -1.32. The van der Waals surface area contributed by atoms with Gasteiger partial charge in [0, 0.05) is 5.56 Å². The van der Waals surface area contributed by atoms with Crippen molar-refractivity contribution < 1.29 is 9.15 Å². The fourth-order valence-electron chi connectivity index (χ4n) is 1.34. The Kier molecular flexibility index (Phi) is 2.33. The van der Waals surface area contributed by atoms with Crippen molar-refractivity contribution >= 4 is 13.5 Å². The number of ether oxygens (including phenoxy) is 1. The highest BCUT2D eigenvalue weighted by molar-refractivity contribution is 6.88. The molecule has 0 fully saturated rings. The molecule has 0 spiro atoms. The van der Waals surface area contributed by atoms with Crippen LogP contribution in [0.2, 0.25) is 19.6 Å². The molecule has 0 saturated carbocycles. The average Bonchev–Trinajstić information content (AvgIpc) is 2.29. The van der Waals surface area contributed by atoms with Crippen molar-refractivity contribution in [2.45, 2.75) is 26.6 Å². The number of hydrogen-bond donors (Lipinski definition) is 0. The van der Waals surface area contributed by atoms with Gasteiger partial charge in [-0.2, -0.15) is 0 Å². The Morgan fingerprint density at radius 3 is 2.17 bits per heavy atom. The highest BCUT2D eigenvalue weighted by Crippen LogP contribution is 2.19. The molecular formula is C9H16O2Si.